The molecule has 27 heavy (non-hydrogen) atoms. The molecule has 1 amide bonds. The van der Waals surface area contributed by atoms with Crippen LogP contribution in [0.1, 0.15) is 23.8 Å². The van der Waals surface area contributed by atoms with E-state index in [4.69, 9.17) is 11.6 Å². The number of hydrogen-bond acceptors (Lipinski definition) is 7. The molecule has 2 heterocycles. The first kappa shape index (κ1) is 18.5. The molecular formula is C15H15ClN8O3. The van der Waals surface area contributed by atoms with Gasteiger partial charge in [-0.15, -0.1) is 0 Å². The van der Waals surface area contributed by atoms with E-state index in [1.165, 1.54) is 36.0 Å². The molecule has 0 atom stereocenters. The number of hydrogen-bond donors (Lipinski definition) is 1. The van der Waals surface area contributed by atoms with Crippen molar-refractivity contribution in [1.82, 2.24) is 34.6 Å². The summed E-state index contributed by atoms with van der Waals surface area (Å²) in [6.07, 6.45) is 0.745. The number of halogens is 1. The lowest BCUT2D eigenvalue weighted by Crippen LogP contribution is -2.43. The Morgan fingerprint density at radius 2 is 1.93 bits per heavy atom. The predicted octanol–water partition coefficient (Wildman–Crippen LogP) is 0.233. The summed E-state index contributed by atoms with van der Waals surface area (Å²) in [6.45, 7) is 2.41. The molecule has 0 aliphatic carbocycles. The molecule has 3 aromatic rings. The number of rotatable bonds is 5. The Morgan fingerprint density at radius 3 is 2.59 bits per heavy atom. The highest BCUT2D eigenvalue weighted by Crippen LogP contribution is 2.11. The van der Waals surface area contributed by atoms with Crippen LogP contribution in [0.2, 0.25) is 5.02 Å². The number of tetrazole rings is 1. The second-order valence-electron chi connectivity index (χ2n) is 5.55. The number of nitrogens with one attached hydrogen (secondary N) is 1. The lowest BCUT2D eigenvalue weighted by Gasteiger charge is -2.09. The van der Waals surface area contributed by atoms with Gasteiger partial charge in [0, 0.05) is 18.6 Å². The van der Waals surface area contributed by atoms with Crippen LogP contribution in [-0.2, 0) is 13.6 Å². The molecule has 0 aliphatic rings. The largest absolute Gasteiger partial charge is 0.351 e. The van der Waals surface area contributed by atoms with Crippen molar-refractivity contribution < 1.29 is 4.79 Å². The van der Waals surface area contributed by atoms with Gasteiger partial charge in [0.15, 0.2) is 0 Å². The molecule has 3 rings (SSSR count). The lowest BCUT2D eigenvalue weighted by molar-refractivity contribution is 0.101. The average molecular weight is 391 g/mol. The summed E-state index contributed by atoms with van der Waals surface area (Å²) >= 11 is 5.84. The minimum absolute atomic E-state index is 0.0787. The van der Waals surface area contributed by atoms with Crippen LogP contribution in [0.25, 0.3) is 5.69 Å². The van der Waals surface area contributed by atoms with Crippen molar-refractivity contribution in [3.8, 4) is 5.69 Å². The van der Waals surface area contributed by atoms with Gasteiger partial charge in [0.05, 0.1) is 5.69 Å². The number of anilines is 1. The van der Waals surface area contributed by atoms with E-state index in [0.29, 0.717) is 11.6 Å². The second kappa shape index (κ2) is 7.50. The molecule has 2 aromatic heterocycles. The van der Waals surface area contributed by atoms with Crippen LogP contribution in [0.5, 0.6) is 0 Å². The summed E-state index contributed by atoms with van der Waals surface area (Å²) in [5.41, 5.74) is -1.78. The maximum absolute atomic E-state index is 12.7. The highest BCUT2D eigenvalue weighted by Gasteiger charge is 2.21. The summed E-state index contributed by atoms with van der Waals surface area (Å²) in [5, 5.41) is 17.6. The van der Waals surface area contributed by atoms with Crippen molar-refractivity contribution in [2.75, 3.05) is 5.32 Å². The van der Waals surface area contributed by atoms with Crippen molar-refractivity contribution in [3.63, 3.8) is 0 Å². The molecular weight excluding hydrogens is 376 g/mol. The van der Waals surface area contributed by atoms with Crippen LogP contribution in [0.15, 0.2) is 33.9 Å². The van der Waals surface area contributed by atoms with E-state index in [9.17, 15) is 14.4 Å². The lowest BCUT2D eigenvalue weighted by atomic mass is 10.3. The number of carbonyl (C=O) groups excluding carboxylic acids is 1. The third-order valence-corrected chi connectivity index (χ3v) is 3.87. The molecule has 0 saturated carbocycles. The molecule has 0 spiro atoms. The minimum atomic E-state index is -0.868. The van der Waals surface area contributed by atoms with Crippen molar-refractivity contribution in [2.24, 2.45) is 7.05 Å². The average Bonchev–Trinajstić information content (AvgIpc) is 3.07. The molecule has 140 valence electrons. The number of benzene rings is 1. The van der Waals surface area contributed by atoms with Gasteiger partial charge in [0.25, 0.3) is 11.5 Å². The molecule has 0 aliphatic heterocycles. The monoisotopic (exact) mass is 390 g/mol. The zero-order valence-electron chi connectivity index (χ0n) is 14.5. The number of aromatic nitrogens is 7. The zero-order chi connectivity index (χ0) is 19.6. The van der Waals surface area contributed by atoms with E-state index in [2.05, 4.69) is 25.9 Å². The van der Waals surface area contributed by atoms with Gasteiger partial charge in [0.2, 0.25) is 11.6 Å². The van der Waals surface area contributed by atoms with Gasteiger partial charge in [-0.3, -0.25) is 14.9 Å². The van der Waals surface area contributed by atoms with E-state index in [1.807, 2.05) is 6.92 Å². The summed E-state index contributed by atoms with van der Waals surface area (Å²) in [5.74, 6) is -0.750. The molecule has 0 saturated heterocycles. The number of carbonyl (C=O) groups is 1. The maximum atomic E-state index is 12.7. The standard InChI is InChI=1S/C15H15ClN8O3/c1-3-8-23-14(18-20-21-23)17-12(25)11-13(26)24(15(27)22(2)19-11)10-6-4-9(16)5-7-10/h4-7H,3,8H2,1-2H3,(H,17,18,21,25). The van der Waals surface area contributed by atoms with E-state index >= 15 is 0 Å². The van der Waals surface area contributed by atoms with E-state index in [-0.39, 0.29) is 11.6 Å². The van der Waals surface area contributed by atoms with Gasteiger partial charge >= 0.3 is 5.69 Å². The van der Waals surface area contributed by atoms with E-state index in [1.54, 1.807) is 0 Å². The van der Waals surface area contributed by atoms with Gasteiger partial charge in [-0.05, 0) is 41.1 Å². The van der Waals surface area contributed by atoms with Gasteiger partial charge in [-0.2, -0.15) is 5.10 Å². The third-order valence-electron chi connectivity index (χ3n) is 3.62. The zero-order valence-corrected chi connectivity index (χ0v) is 15.2. The normalized spacial score (nSPS) is 10.8. The molecule has 0 radical (unpaired) electrons. The summed E-state index contributed by atoms with van der Waals surface area (Å²) in [6, 6.07) is 6.05. The number of aryl methyl sites for hydroxylation is 2. The predicted molar refractivity (Wildman–Crippen MR) is 96.1 cm³/mol. The fraction of sp³-hybridized carbons (Fsp3) is 0.267. The topological polar surface area (TPSA) is 130 Å². The quantitative estimate of drug-likeness (QED) is 0.660. The first-order chi connectivity index (χ1) is 12.9. The fourth-order valence-corrected chi connectivity index (χ4v) is 2.48. The van der Waals surface area contributed by atoms with E-state index < -0.39 is 22.9 Å². The Labute approximate surface area is 157 Å². The smallest absolute Gasteiger partial charge is 0.288 e. The van der Waals surface area contributed by atoms with Crippen LogP contribution in [0.3, 0.4) is 0 Å². The minimum Gasteiger partial charge on any atom is -0.288 e. The Balaban J connectivity index is 2.05. The first-order valence-corrected chi connectivity index (χ1v) is 8.34. The summed E-state index contributed by atoms with van der Waals surface area (Å²) in [7, 11) is 1.34. The van der Waals surface area contributed by atoms with Crippen LogP contribution in [0.4, 0.5) is 5.95 Å². The van der Waals surface area contributed by atoms with E-state index in [0.717, 1.165) is 15.7 Å². The SMILES string of the molecule is CCCn1nnnc1NC(=O)c1nn(C)c(=O)n(-c2ccc(Cl)cc2)c1=O. The van der Waals surface area contributed by atoms with Crippen molar-refractivity contribution in [1.29, 1.82) is 0 Å². The highest BCUT2D eigenvalue weighted by atomic mass is 35.5. The maximum Gasteiger partial charge on any atom is 0.351 e. The highest BCUT2D eigenvalue weighted by molar-refractivity contribution is 6.30. The number of amides is 1. The molecule has 12 heteroatoms. The van der Waals surface area contributed by atoms with Crippen molar-refractivity contribution in [3.05, 3.63) is 55.8 Å². The van der Waals surface area contributed by atoms with Crippen LogP contribution in [0, 0.1) is 0 Å². The van der Waals surface area contributed by atoms with Gasteiger partial charge in [-0.1, -0.05) is 23.6 Å². The molecule has 0 unspecified atom stereocenters. The Kier molecular flexibility index (Phi) is 5.12. The first-order valence-electron chi connectivity index (χ1n) is 7.96. The summed E-state index contributed by atoms with van der Waals surface area (Å²) in [4.78, 5) is 37.7. The molecule has 11 nitrogen and oxygen atoms in total. The molecule has 1 aromatic carbocycles. The van der Waals surface area contributed by atoms with Gasteiger partial charge in [-0.25, -0.2) is 18.7 Å². The van der Waals surface area contributed by atoms with Gasteiger partial charge < -0.3 is 0 Å². The molecule has 1 N–H and O–H groups in total. The van der Waals surface area contributed by atoms with Gasteiger partial charge in [0.1, 0.15) is 0 Å². The second-order valence-corrected chi connectivity index (χ2v) is 5.99. The summed E-state index contributed by atoms with van der Waals surface area (Å²) < 4.78 is 3.13. The molecule has 0 bridgehead atoms. The Morgan fingerprint density at radius 1 is 1.22 bits per heavy atom. The Hall–Kier alpha value is -3.34. The van der Waals surface area contributed by atoms with Crippen molar-refractivity contribution in [2.45, 2.75) is 19.9 Å². The van der Waals surface area contributed by atoms with Crippen LogP contribution in [-0.4, -0.2) is 40.5 Å². The Bertz CT molecular complexity index is 1100. The fourth-order valence-electron chi connectivity index (χ4n) is 2.35. The van der Waals surface area contributed by atoms with Crippen LogP contribution >= 0.6 is 11.6 Å². The molecule has 0 fully saturated rings. The third kappa shape index (κ3) is 3.62. The van der Waals surface area contributed by atoms with Crippen molar-refractivity contribution >= 4 is 23.5 Å². The van der Waals surface area contributed by atoms with Crippen LogP contribution < -0.4 is 16.6 Å². The number of nitrogens with zero attached hydrogens (tertiary/aromatic N) is 7.